The summed E-state index contributed by atoms with van der Waals surface area (Å²) in [5.74, 6) is -1.42. The van der Waals surface area contributed by atoms with E-state index in [-0.39, 0.29) is 11.3 Å². The third-order valence-electron chi connectivity index (χ3n) is 4.83. The van der Waals surface area contributed by atoms with Crippen molar-refractivity contribution in [2.75, 3.05) is 4.90 Å². The zero-order chi connectivity index (χ0) is 20.5. The number of anilines is 1. The standard InChI is InChI=1S/C23H17ClN2O3/c1-14-8-10-15(11-9-14)21(27)19-20(16-5-4-6-17(24)13-16)26(23(29)22(19)28)18-7-2-3-12-25-18/h2-13,20,27H,1H3/t20-/m0/s1. The van der Waals surface area contributed by atoms with Gasteiger partial charge in [0.25, 0.3) is 5.78 Å². The molecule has 29 heavy (non-hydrogen) atoms. The average molecular weight is 405 g/mol. The van der Waals surface area contributed by atoms with Crippen molar-refractivity contribution in [3.8, 4) is 0 Å². The highest BCUT2D eigenvalue weighted by molar-refractivity contribution is 6.51. The molecule has 0 radical (unpaired) electrons. The number of hydrogen-bond donors (Lipinski definition) is 1. The molecule has 4 rings (SSSR count). The zero-order valence-electron chi connectivity index (χ0n) is 15.5. The number of aliphatic hydroxyl groups excluding tert-OH is 1. The van der Waals surface area contributed by atoms with Gasteiger partial charge in [-0.2, -0.15) is 0 Å². The molecule has 1 amide bonds. The molecular formula is C23H17ClN2O3. The lowest BCUT2D eigenvalue weighted by Crippen LogP contribution is -2.30. The summed E-state index contributed by atoms with van der Waals surface area (Å²) in [6, 6.07) is 18.2. The van der Waals surface area contributed by atoms with E-state index in [1.54, 1.807) is 60.8 Å². The number of aryl methyl sites for hydroxylation is 1. The molecule has 1 fully saturated rings. The van der Waals surface area contributed by atoms with Crippen molar-refractivity contribution in [2.45, 2.75) is 13.0 Å². The summed E-state index contributed by atoms with van der Waals surface area (Å²) in [6.07, 6.45) is 1.55. The summed E-state index contributed by atoms with van der Waals surface area (Å²) in [5.41, 5.74) is 2.09. The minimum atomic E-state index is -0.843. The second-order valence-corrected chi connectivity index (χ2v) is 7.21. The van der Waals surface area contributed by atoms with E-state index in [9.17, 15) is 14.7 Å². The average Bonchev–Trinajstić information content (AvgIpc) is 2.99. The first-order valence-corrected chi connectivity index (χ1v) is 9.39. The molecule has 1 aliphatic rings. The summed E-state index contributed by atoms with van der Waals surface area (Å²) in [4.78, 5) is 31.4. The molecule has 6 heteroatoms. The second-order valence-electron chi connectivity index (χ2n) is 6.78. The number of carbonyl (C=O) groups excluding carboxylic acids is 2. The predicted octanol–water partition coefficient (Wildman–Crippen LogP) is 4.67. The maximum absolute atomic E-state index is 13.0. The summed E-state index contributed by atoms with van der Waals surface area (Å²) in [5, 5.41) is 11.5. The molecule has 1 atom stereocenters. The molecule has 5 nitrogen and oxygen atoms in total. The third-order valence-corrected chi connectivity index (χ3v) is 5.07. The number of halogens is 1. The lowest BCUT2D eigenvalue weighted by atomic mass is 9.95. The summed E-state index contributed by atoms with van der Waals surface area (Å²) in [7, 11) is 0. The number of hydrogen-bond acceptors (Lipinski definition) is 4. The van der Waals surface area contributed by atoms with Crippen molar-refractivity contribution in [1.82, 2.24) is 4.98 Å². The molecule has 0 spiro atoms. The van der Waals surface area contributed by atoms with Gasteiger partial charge >= 0.3 is 5.91 Å². The molecule has 2 heterocycles. The normalized spacial score (nSPS) is 18.3. The molecule has 2 aromatic carbocycles. The molecule has 0 saturated carbocycles. The van der Waals surface area contributed by atoms with Gasteiger partial charge in [-0.25, -0.2) is 4.98 Å². The van der Waals surface area contributed by atoms with Crippen LogP contribution in [-0.2, 0) is 9.59 Å². The number of benzene rings is 2. The Kier molecular flexibility index (Phi) is 4.91. The Morgan fingerprint density at radius 1 is 1.03 bits per heavy atom. The van der Waals surface area contributed by atoms with Crippen LogP contribution in [-0.4, -0.2) is 21.8 Å². The van der Waals surface area contributed by atoms with Gasteiger partial charge in [0.1, 0.15) is 11.6 Å². The molecule has 0 aliphatic carbocycles. The summed E-state index contributed by atoms with van der Waals surface area (Å²) >= 11 is 6.17. The Hall–Kier alpha value is -3.44. The van der Waals surface area contributed by atoms with Crippen molar-refractivity contribution in [2.24, 2.45) is 0 Å². The molecule has 1 aliphatic heterocycles. The van der Waals surface area contributed by atoms with Gasteiger partial charge in [-0.1, -0.05) is 59.6 Å². The van der Waals surface area contributed by atoms with Gasteiger partial charge < -0.3 is 5.11 Å². The van der Waals surface area contributed by atoms with Crippen molar-refractivity contribution >= 4 is 34.9 Å². The highest BCUT2D eigenvalue weighted by atomic mass is 35.5. The van der Waals surface area contributed by atoms with Crippen molar-refractivity contribution in [3.05, 3.63) is 100 Å². The minimum absolute atomic E-state index is 0.00627. The molecule has 1 N–H and O–H groups in total. The number of rotatable bonds is 3. The van der Waals surface area contributed by atoms with Crippen LogP contribution in [0.25, 0.3) is 5.76 Å². The molecule has 1 aromatic heterocycles. The molecule has 3 aromatic rings. The van der Waals surface area contributed by atoms with Crippen LogP contribution in [0.2, 0.25) is 5.02 Å². The lowest BCUT2D eigenvalue weighted by molar-refractivity contribution is -0.132. The number of ketones is 1. The second kappa shape index (κ2) is 7.53. The fourth-order valence-corrected chi connectivity index (χ4v) is 3.62. The first-order valence-electron chi connectivity index (χ1n) is 9.02. The topological polar surface area (TPSA) is 70.5 Å². The number of aromatic nitrogens is 1. The molecule has 1 saturated heterocycles. The van der Waals surface area contributed by atoms with E-state index in [0.717, 1.165) is 5.56 Å². The van der Waals surface area contributed by atoms with Crippen LogP contribution in [0.4, 0.5) is 5.82 Å². The quantitative estimate of drug-likeness (QED) is 0.391. The van der Waals surface area contributed by atoms with Crippen LogP contribution >= 0.6 is 11.6 Å². The number of nitrogens with zero attached hydrogens (tertiary/aromatic N) is 2. The third kappa shape index (κ3) is 3.41. The van der Waals surface area contributed by atoms with Crippen LogP contribution in [0.5, 0.6) is 0 Å². The van der Waals surface area contributed by atoms with Crippen molar-refractivity contribution in [3.63, 3.8) is 0 Å². The molecule has 0 unspecified atom stereocenters. The molecule has 0 bridgehead atoms. The van der Waals surface area contributed by atoms with Gasteiger partial charge in [-0.15, -0.1) is 0 Å². The smallest absolute Gasteiger partial charge is 0.301 e. The Bertz CT molecular complexity index is 1120. The minimum Gasteiger partial charge on any atom is -0.507 e. The summed E-state index contributed by atoms with van der Waals surface area (Å²) in [6.45, 7) is 1.93. The van der Waals surface area contributed by atoms with Crippen LogP contribution in [0, 0.1) is 6.92 Å². The lowest BCUT2D eigenvalue weighted by Gasteiger charge is -2.24. The van der Waals surface area contributed by atoms with Crippen LogP contribution in [0.1, 0.15) is 22.7 Å². The number of carbonyl (C=O) groups is 2. The van der Waals surface area contributed by atoms with E-state index < -0.39 is 17.7 Å². The number of amides is 1. The number of aliphatic hydroxyl groups is 1. The fourth-order valence-electron chi connectivity index (χ4n) is 3.42. The van der Waals surface area contributed by atoms with E-state index in [2.05, 4.69) is 4.98 Å². The van der Waals surface area contributed by atoms with Gasteiger partial charge in [-0.3, -0.25) is 14.5 Å². The van der Waals surface area contributed by atoms with Crippen molar-refractivity contribution < 1.29 is 14.7 Å². The Labute approximate surface area is 172 Å². The van der Waals surface area contributed by atoms with Crippen LogP contribution in [0.3, 0.4) is 0 Å². The van der Waals surface area contributed by atoms with Gasteiger partial charge in [0, 0.05) is 16.8 Å². The van der Waals surface area contributed by atoms with Crippen LogP contribution in [0.15, 0.2) is 78.5 Å². The van der Waals surface area contributed by atoms with Gasteiger partial charge in [0.05, 0.1) is 11.6 Å². The van der Waals surface area contributed by atoms with E-state index in [1.807, 2.05) is 19.1 Å². The largest absolute Gasteiger partial charge is 0.507 e. The monoisotopic (exact) mass is 404 g/mol. The first-order chi connectivity index (χ1) is 14.0. The predicted molar refractivity (Wildman–Crippen MR) is 112 cm³/mol. The number of pyridine rings is 1. The molecule has 144 valence electrons. The Morgan fingerprint density at radius 2 is 1.79 bits per heavy atom. The fraction of sp³-hybridized carbons (Fsp3) is 0.0870. The first kappa shape index (κ1) is 18.9. The van der Waals surface area contributed by atoms with E-state index in [1.165, 1.54) is 4.90 Å². The highest BCUT2D eigenvalue weighted by Gasteiger charge is 2.47. The molecular weight excluding hydrogens is 388 g/mol. The van der Waals surface area contributed by atoms with Crippen LogP contribution < -0.4 is 4.90 Å². The van der Waals surface area contributed by atoms with E-state index >= 15 is 0 Å². The van der Waals surface area contributed by atoms with Gasteiger partial charge in [-0.05, 0) is 36.8 Å². The Balaban J connectivity index is 1.95. The maximum Gasteiger partial charge on any atom is 0.301 e. The van der Waals surface area contributed by atoms with E-state index in [4.69, 9.17) is 11.6 Å². The van der Waals surface area contributed by atoms with Gasteiger partial charge in [0.15, 0.2) is 0 Å². The SMILES string of the molecule is Cc1ccc(C(O)=C2C(=O)C(=O)N(c3ccccn3)[C@H]2c2cccc(Cl)c2)cc1. The Morgan fingerprint density at radius 3 is 2.45 bits per heavy atom. The maximum atomic E-state index is 13.0. The van der Waals surface area contributed by atoms with Gasteiger partial charge in [0.2, 0.25) is 0 Å². The highest BCUT2D eigenvalue weighted by Crippen LogP contribution is 2.41. The zero-order valence-corrected chi connectivity index (χ0v) is 16.3. The summed E-state index contributed by atoms with van der Waals surface area (Å²) < 4.78 is 0. The van der Waals surface area contributed by atoms with Crippen molar-refractivity contribution in [1.29, 1.82) is 0 Å². The van der Waals surface area contributed by atoms with E-state index in [0.29, 0.717) is 22.0 Å². The number of Topliss-reactive ketones (excluding diaryl/α,β-unsaturated/α-hetero) is 1.